The van der Waals surface area contributed by atoms with E-state index in [1.54, 1.807) is 0 Å². The van der Waals surface area contributed by atoms with E-state index in [1.807, 2.05) is 0 Å². The number of aliphatic hydroxyl groups is 1. The van der Waals surface area contributed by atoms with Gasteiger partial charge in [0.2, 0.25) is 0 Å². The highest BCUT2D eigenvalue weighted by atomic mass is 16.5. The number of aldehydes is 1. The summed E-state index contributed by atoms with van der Waals surface area (Å²) in [6.45, 7) is 8.46. The van der Waals surface area contributed by atoms with Crippen LogP contribution in [-0.2, 0) is 9.53 Å². The van der Waals surface area contributed by atoms with Crippen LogP contribution in [0.25, 0.3) is 0 Å². The zero-order valence-electron chi connectivity index (χ0n) is 11.3. The second-order valence-corrected chi connectivity index (χ2v) is 5.92. The van der Waals surface area contributed by atoms with Gasteiger partial charge >= 0.3 is 0 Å². The van der Waals surface area contributed by atoms with E-state index in [0.29, 0.717) is 6.42 Å². The summed E-state index contributed by atoms with van der Waals surface area (Å²) in [7, 11) is 0. The van der Waals surface area contributed by atoms with Crippen LogP contribution in [0.5, 0.6) is 0 Å². The highest BCUT2D eigenvalue weighted by Gasteiger charge is 2.35. The lowest BCUT2D eigenvalue weighted by atomic mass is 9.80. The van der Waals surface area contributed by atoms with Crippen molar-refractivity contribution in [1.82, 2.24) is 0 Å². The first-order valence-corrected chi connectivity index (χ1v) is 6.28. The lowest BCUT2D eigenvalue weighted by Crippen LogP contribution is -2.40. The topological polar surface area (TPSA) is 46.5 Å². The number of aliphatic hydroxyl groups excluding tert-OH is 1. The minimum Gasteiger partial charge on any atom is -0.392 e. The summed E-state index contributed by atoms with van der Waals surface area (Å²) in [6, 6.07) is 0. The van der Waals surface area contributed by atoms with Crippen molar-refractivity contribution in [2.75, 3.05) is 6.61 Å². The normalized spacial score (nSPS) is 26.2. The molecule has 1 rings (SSSR count). The molecule has 3 heteroatoms. The van der Waals surface area contributed by atoms with E-state index in [2.05, 4.69) is 27.7 Å². The smallest absolute Gasteiger partial charge is 0.120 e. The first-order chi connectivity index (χ1) is 7.90. The maximum absolute atomic E-state index is 10.4. The van der Waals surface area contributed by atoms with E-state index >= 15 is 0 Å². The van der Waals surface area contributed by atoms with Gasteiger partial charge < -0.3 is 14.6 Å². The van der Waals surface area contributed by atoms with Crippen LogP contribution in [0, 0.1) is 5.41 Å². The Bertz CT molecular complexity index is 299. The quantitative estimate of drug-likeness (QED) is 0.606. The third-order valence-corrected chi connectivity index (χ3v) is 3.29. The third-order valence-electron chi connectivity index (χ3n) is 3.29. The molecule has 0 radical (unpaired) electrons. The molecular formula is C14H24O3. The molecule has 0 amide bonds. The molecule has 0 bridgehead atoms. The van der Waals surface area contributed by atoms with Crippen LogP contribution >= 0.6 is 0 Å². The van der Waals surface area contributed by atoms with Gasteiger partial charge in [-0.15, -0.1) is 0 Å². The lowest BCUT2D eigenvalue weighted by Gasteiger charge is -2.40. The molecule has 1 N–H and O–H groups in total. The summed E-state index contributed by atoms with van der Waals surface area (Å²) >= 11 is 0. The molecule has 1 heterocycles. The van der Waals surface area contributed by atoms with Crippen LogP contribution in [0.4, 0.5) is 0 Å². The Morgan fingerprint density at radius 3 is 2.59 bits per heavy atom. The van der Waals surface area contributed by atoms with E-state index in [1.165, 1.54) is 5.57 Å². The predicted octanol–water partition coefficient (Wildman–Crippen LogP) is 2.48. The van der Waals surface area contributed by atoms with Crippen molar-refractivity contribution >= 4 is 6.29 Å². The van der Waals surface area contributed by atoms with Gasteiger partial charge in [-0.05, 0) is 30.8 Å². The molecule has 0 fully saturated rings. The van der Waals surface area contributed by atoms with Crippen molar-refractivity contribution in [3.63, 3.8) is 0 Å². The SMILES string of the molecule is CC1=C(CO)C(C(C)(C)C)O[C@@H](CCC=O)C1. The van der Waals surface area contributed by atoms with Crippen LogP contribution in [0.1, 0.15) is 47.0 Å². The molecule has 0 aliphatic carbocycles. The van der Waals surface area contributed by atoms with Crippen molar-refractivity contribution < 1.29 is 14.6 Å². The molecule has 17 heavy (non-hydrogen) atoms. The van der Waals surface area contributed by atoms with Gasteiger partial charge in [-0.3, -0.25) is 0 Å². The lowest BCUT2D eigenvalue weighted by molar-refractivity contribution is -0.109. The summed E-state index contributed by atoms with van der Waals surface area (Å²) < 4.78 is 6.05. The van der Waals surface area contributed by atoms with Gasteiger partial charge in [-0.1, -0.05) is 26.3 Å². The van der Waals surface area contributed by atoms with E-state index in [9.17, 15) is 9.90 Å². The van der Waals surface area contributed by atoms with Crippen molar-refractivity contribution in [3.05, 3.63) is 11.1 Å². The largest absolute Gasteiger partial charge is 0.392 e. The second kappa shape index (κ2) is 5.78. The zero-order chi connectivity index (χ0) is 13.1. The van der Waals surface area contributed by atoms with Gasteiger partial charge in [0.25, 0.3) is 0 Å². The summed E-state index contributed by atoms with van der Waals surface area (Å²) in [6.07, 6.45) is 3.15. The van der Waals surface area contributed by atoms with Crippen molar-refractivity contribution in [1.29, 1.82) is 0 Å². The summed E-state index contributed by atoms with van der Waals surface area (Å²) in [5.41, 5.74) is 2.20. The Balaban J connectivity index is 2.86. The molecule has 0 aromatic carbocycles. The van der Waals surface area contributed by atoms with E-state index < -0.39 is 0 Å². The standard InChI is InChI=1S/C14H24O3/c1-10-8-11(6-5-7-15)17-13(12(10)9-16)14(2,3)4/h7,11,13,16H,5-6,8-9H2,1-4H3/t11-,13?/m0/s1. The number of carbonyl (C=O) groups excluding carboxylic acids is 1. The monoisotopic (exact) mass is 240 g/mol. The van der Waals surface area contributed by atoms with Crippen LogP contribution in [0.2, 0.25) is 0 Å². The van der Waals surface area contributed by atoms with Crippen molar-refractivity contribution in [2.45, 2.75) is 59.2 Å². The summed E-state index contributed by atoms with van der Waals surface area (Å²) in [4.78, 5) is 10.4. The molecule has 98 valence electrons. The number of rotatable bonds is 4. The van der Waals surface area contributed by atoms with Crippen LogP contribution < -0.4 is 0 Å². The van der Waals surface area contributed by atoms with E-state index in [-0.39, 0.29) is 24.2 Å². The first kappa shape index (κ1) is 14.4. The molecular weight excluding hydrogens is 216 g/mol. The summed E-state index contributed by atoms with van der Waals surface area (Å²) in [5, 5.41) is 9.46. The van der Waals surface area contributed by atoms with Gasteiger partial charge in [0.1, 0.15) is 6.29 Å². The number of hydrogen-bond acceptors (Lipinski definition) is 3. The van der Waals surface area contributed by atoms with Crippen LogP contribution in [-0.4, -0.2) is 30.2 Å². The summed E-state index contributed by atoms with van der Waals surface area (Å²) in [5.74, 6) is 0. The fourth-order valence-corrected chi connectivity index (χ4v) is 2.39. The molecule has 0 saturated carbocycles. The average Bonchev–Trinajstić information content (AvgIpc) is 2.24. The molecule has 1 unspecified atom stereocenters. The molecule has 2 atom stereocenters. The van der Waals surface area contributed by atoms with E-state index in [0.717, 1.165) is 24.7 Å². The molecule has 1 aliphatic rings. The average molecular weight is 240 g/mol. The van der Waals surface area contributed by atoms with Crippen molar-refractivity contribution in [2.24, 2.45) is 5.41 Å². The molecule has 0 saturated heterocycles. The third kappa shape index (κ3) is 3.65. The zero-order valence-corrected chi connectivity index (χ0v) is 11.3. The molecule has 0 aromatic rings. The number of carbonyl (C=O) groups is 1. The minimum absolute atomic E-state index is 0.0286. The Kier molecular flexibility index (Phi) is 4.90. The Labute approximate surface area is 104 Å². The fraction of sp³-hybridized carbons (Fsp3) is 0.786. The molecule has 0 aromatic heterocycles. The van der Waals surface area contributed by atoms with Crippen LogP contribution in [0.3, 0.4) is 0 Å². The van der Waals surface area contributed by atoms with Gasteiger partial charge in [-0.2, -0.15) is 0 Å². The van der Waals surface area contributed by atoms with Gasteiger partial charge in [0.15, 0.2) is 0 Å². The maximum atomic E-state index is 10.4. The Hall–Kier alpha value is -0.670. The maximum Gasteiger partial charge on any atom is 0.120 e. The highest BCUT2D eigenvalue weighted by molar-refractivity contribution is 5.49. The first-order valence-electron chi connectivity index (χ1n) is 6.28. The molecule has 0 spiro atoms. The van der Waals surface area contributed by atoms with Crippen molar-refractivity contribution in [3.8, 4) is 0 Å². The fourth-order valence-electron chi connectivity index (χ4n) is 2.39. The van der Waals surface area contributed by atoms with E-state index in [4.69, 9.17) is 4.74 Å². The van der Waals surface area contributed by atoms with Crippen LogP contribution in [0.15, 0.2) is 11.1 Å². The number of ether oxygens (including phenoxy) is 1. The Morgan fingerprint density at radius 2 is 2.12 bits per heavy atom. The van der Waals surface area contributed by atoms with Gasteiger partial charge in [0.05, 0.1) is 18.8 Å². The highest BCUT2D eigenvalue weighted by Crippen LogP contribution is 2.36. The number of hydrogen-bond donors (Lipinski definition) is 1. The van der Waals surface area contributed by atoms with Gasteiger partial charge in [0, 0.05) is 6.42 Å². The van der Waals surface area contributed by atoms with Gasteiger partial charge in [-0.25, -0.2) is 0 Å². The second-order valence-electron chi connectivity index (χ2n) is 5.92. The molecule has 1 aliphatic heterocycles. The Morgan fingerprint density at radius 1 is 1.47 bits per heavy atom. The molecule has 3 nitrogen and oxygen atoms in total. The predicted molar refractivity (Wildman–Crippen MR) is 67.8 cm³/mol. The minimum atomic E-state index is -0.0436.